The lowest BCUT2D eigenvalue weighted by Gasteiger charge is -2.21. The minimum absolute atomic E-state index is 0.00546. The SMILES string of the molecule is Fc1ccc(P)cc1.O=C1C=C(N2CC2)C(=O)C(N2CC2)=C1N1CC1. The van der Waals surface area contributed by atoms with Crippen LogP contribution in [0.15, 0.2) is 47.4 Å². The number of allylic oxidation sites excluding steroid dienone is 1. The van der Waals surface area contributed by atoms with Gasteiger partial charge in [-0.3, -0.25) is 9.59 Å². The molecule has 3 fully saturated rings. The van der Waals surface area contributed by atoms with Crippen molar-refractivity contribution in [1.29, 1.82) is 0 Å². The predicted molar refractivity (Wildman–Crippen MR) is 95.6 cm³/mol. The molecule has 1 aromatic carbocycles. The van der Waals surface area contributed by atoms with Gasteiger partial charge in [0, 0.05) is 45.3 Å². The number of hydrogen-bond acceptors (Lipinski definition) is 5. The van der Waals surface area contributed by atoms with Crippen LogP contribution in [0.1, 0.15) is 0 Å². The van der Waals surface area contributed by atoms with Crippen LogP contribution in [0.3, 0.4) is 0 Å². The molecule has 0 amide bonds. The maximum Gasteiger partial charge on any atom is 0.227 e. The lowest BCUT2D eigenvalue weighted by atomic mass is 10.0. The monoisotopic (exact) mass is 359 g/mol. The number of nitrogens with zero attached hydrogens (tertiary/aromatic N) is 3. The second-order valence-electron chi connectivity index (χ2n) is 6.43. The first-order valence-corrected chi connectivity index (χ1v) is 8.93. The Kier molecular flexibility index (Phi) is 4.08. The summed E-state index contributed by atoms with van der Waals surface area (Å²) >= 11 is 0. The molecule has 0 spiro atoms. The lowest BCUT2D eigenvalue weighted by Crippen LogP contribution is -2.29. The maximum absolute atomic E-state index is 12.4. The number of halogens is 1. The lowest BCUT2D eigenvalue weighted by molar-refractivity contribution is -0.117. The Hall–Kier alpha value is -2.20. The number of carbonyl (C=O) groups excluding carboxylic acids is 2. The molecule has 0 saturated carbocycles. The van der Waals surface area contributed by atoms with Crippen molar-refractivity contribution >= 4 is 26.1 Å². The molecule has 1 aromatic rings. The zero-order chi connectivity index (χ0) is 17.6. The molecule has 3 saturated heterocycles. The van der Waals surface area contributed by atoms with Crippen molar-refractivity contribution in [1.82, 2.24) is 14.7 Å². The average Bonchev–Trinajstić information content (AvgIpc) is 3.45. The summed E-state index contributed by atoms with van der Waals surface area (Å²) in [5.74, 6) is -0.136. The van der Waals surface area contributed by atoms with Crippen molar-refractivity contribution in [2.45, 2.75) is 0 Å². The zero-order valence-corrected chi connectivity index (χ0v) is 14.9. The van der Waals surface area contributed by atoms with E-state index in [0.717, 1.165) is 44.6 Å². The highest BCUT2D eigenvalue weighted by Gasteiger charge is 2.43. The van der Waals surface area contributed by atoms with Gasteiger partial charge in [-0.15, -0.1) is 9.24 Å². The summed E-state index contributed by atoms with van der Waals surface area (Å²) in [5.41, 5.74) is 1.89. The van der Waals surface area contributed by atoms with E-state index in [4.69, 9.17) is 0 Å². The van der Waals surface area contributed by atoms with E-state index in [2.05, 4.69) is 9.24 Å². The van der Waals surface area contributed by atoms with Crippen LogP contribution in [0.4, 0.5) is 4.39 Å². The van der Waals surface area contributed by atoms with Gasteiger partial charge in [0.05, 0.1) is 5.70 Å². The van der Waals surface area contributed by atoms with E-state index in [1.165, 1.54) is 18.2 Å². The maximum atomic E-state index is 12.4. The van der Waals surface area contributed by atoms with Crippen LogP contribution < -0.4 is 5.30 Å². The van der Waals surface area contributed by atoms with Crippen molar-refractivity contribution < 1.29 is 14.0 Å². The van der Waals surface area contributed by atoms with E-state index in [-0.39, 0.29) is 17.4 Å². The van der Waals surface area contributed by atoms with Gasteiger partial charge in [-0.05, 0) is 17.4 Å². The smallest absolute Gasteiger partial charge is 0.227 e. The van der Waals surface area contributed by atoms with Gasteiger partial charge in [0.15, 0.2) is 0 Å². The van der Waals surface area contributed by atoms with Crippen LogP contribution >= 0.6 is 9.24 Å². The zero-order valence-electron chi connectivity index (χ0n) is 13.7. The van der Waals surface area contributed by atoms with E-state index in [1.54, 1.807) is 12.1 Å². The molecule has 1 aliphatic carbocycles. The van der Waals surface area contributed by atoms with Crippen LogP contribution in [0, 0.1) is 5.82 Å². The summed E-state index contributed by atoms with van der Waals surface area (Å²) in [7, 11) is 2.48. The van der Waals surface area contributed by atoms with Crippen molar-refractivity contribution in [2.24, 2.45) is 0 Å². The summed E-state index contributed by atoms with van der Waals surface area (Å²) in [5, 5.41) is 1.01. The minimum Gasteiger partial charge on any atom is -0.365 e. The van der Waals surface area contributed by atoms with Gasteiger partial charge in [0.1, 0.15) is 17.2 Å². The highest BCUT2D eigenvalue weighted by molar-refractivity contribution is 7.27. The van der Waals surface area contributed by atoms with Gasteiger partial charge in [0.25, 0.3) is 0 Å². The summed E-state index contributed by atoms with van der Waals surface area (Å²) in [6.07, 6.45) is 1.52. The molecule has 0 radical (unpaired) electrons. The third-order valence-electron chi connectivity index (χ3n) is 4.36. The van der Waals surface area contributed by atoms with Crippen LogP contribution in [-0.2, 0) is 9.59 Å². The van der Waals surface area contributed by atoms with E-state index < -0.39 is 0 Å². The number of hydrogen-bond donors (Lipinski definition) is 0. The molecule has 130 valence electrons. The van der Waals surface area contributed by atoms with Gasteiger partial charge < -0.3 is 14.7 Å². The summed E-state index contributed by atoms with van der Waals surface area (Å²) in [6.45, 7) is 5.41. The van der Waals surface area contributed by atoms with Crippen LogP contribution in [0.5, 0.6) is 0 Å². The van der Waals surface area contributed by atoms with E-state index in [9.17, 15) is 14.0 Å². The topological polar surface area (TPSA) is 43.2 Å². The summed E-state index contributed by atoms with van der Waals surface area (Å²) in [6, 6.07) is 6.28. The predicted octanol–water partition coefficient (Wildman–Crippen LogP) is 0.507. The van der Waals surface area contributed by atoms with Crippen LogP contribution in [0.2, 0.25) is 0 Å². The third-order valence-corrected chi connectivity index (χ3v) is 4.74. The molecule has 1 unspecified atom stereocenters. The first-order valence-electron chi connectivity index (χ1n) is 8.35. The number of ketones is 2. The third kappa shape index (κ3) is 3.59. The molecular formula is C18H19FN3O2P. The molecule has 4 aliphatic rings. The standard InChI is InChI=1S/C12H13N3O2.C6H6FP/c16-9-7-8(13-1-2-13)12(17)11(15-5-6-15)10(9)14-3-4-14;7-5-1-3-6(8)4-2-5/h7H,1-6H2;1-4H,8H2. The van der Waals surface area contributed by atoms with Crippen molar-refractivity contribution in [3.05, 3.63) is 53.2 Å². The van der Waals surface area contributed by atoms with Crippen LogP contribution in [0.25, 0.3) is 0 Å². The number of carbonyl (C=O) groups is 2. The fourth-order valence-electron chi connectivity index (χ4n) is 2.74. The molecule has 1 atom stereocenters. The molecular weight excluding hydrogens is 340 g/mol. The molecule has 3 heterocycles. The van der Waals surface area contributed by atoms with E-state index in [1.807, 2.05) is 14.7 Å². The van der Waals surface area contributed by atoms with Gasteiger partial charge in [-0.25, -0.2) is 4.39 Å². The fourth-order valence-corrected chi connectivity index (χ4v) is 2.93. The Labute approximate surface area is 148 Å². The van der Waals surface area contributed by atoms with Gasteiger partial charge in [-0.1, -0.05) is 12.1 Å². The second kappa shape index (κ2) is 6.26. The molecule has 0 N–H and O–H groups in total. The molecule has 5 nitrogen and oxygen atoms in total. The summed E-state index contributed by atoms with van der Waals surface area (Å²) in [4.78, 5) is 30.5. The number of benzene rings is 1. The molecule has 25 heavy (non-hydrogen) atoms. The highest BCUT2D eigenvalue weighted by Crippen LogP contribution is 2.33. The first-order chi connectivity index (χ1) is 12.0. The Morgan fingerprint density at radius 1 is 0.800 bits per heavy atom. The number of rotatable bonds is 3. The van der Waals surface area contributed by atoms with Crippen molar-refractivity contribution in [2.75, 3.05) is 39.3 Å². The van der Waals surface area contributed by atoms with Gasteiger partial charge in [0.2, 0.25) is 11.6 Å². The quantitative estimate of drug-likeness (QED) is 0.447. The van der Waals surface area contributed by atoms with Crippen molar-refractivity contribution in [3.8, 4) is 0 Å². The van der Waals surface area contributed by atoms with Crippen LogP contribution in [-0.4, -0.2) is 65.5 Å². The van der Waals surface area contributed by atoms with E-state index >= 15 is 0 Å². The number of Topliss-reactive ketones (excluding diaryl/α,β-unsaturated/α-hetero) is 1. The molecule has 0 aromatic heterocycles. The largest absolute Gasteiger partial charge is 0.365 e. The Balaban J connectivity index is 0.000000166. The average molecular weight is 359 g/mol. The van der Waals surface area contributed by atoms with E-state index in [0.29, 0.717) is 17.1 Å². The Morgan fingerprint density at radius 3 is 1.80 bits per heavy atom. The first kappa shape index (κ1) is 16.3. The second-order valence-corrected chi connectivity index (χ2v) is 7.10. The fraction of sp³-hybridized carbons (Fsp3) is 0.333. The molecule has 0 bridgehead atoms. The Morgan fingerprint density at radius 2 is 1.32 bits per heavy atom. The molecule has 3 aliphatic heterocycles. The normalized spacial score (nSPS) is 21.0. The highest BCUT2D eigenvalue weighted by atomic mass is 31.0. The molecule has 5 rings (SSSR count). The van der Waals surface area contributed by atoms with Gasteiger partial charge in [-0.2, -0.15) is 0 Å². The van der Waals surface area contributed by atoms with Crippen molar-refractivity contribution in [3.63, 3.8) is 0 Å². The molecule has 7 heteroatoms. The summed E-state index contributed by atoms with van der Waals surface area (Å²) < 4.78 is 12.1. The van der Waals surface area contributed by atoms with Gasteiger partial charge >= 0.3 is 0 Å². The minimum atomic E-state index is -0.184. The Bertz CT molecular complexity index is 770.